The molecule has 2 N–H and O–H groups in total. The lowest BCUT2D eigenvalue weighted by molar-refractivity contribution is -0.137. The number of halogens is 3. The van der Waals surface area contributed by atoms with E-state index in [1.807, 2.05) is 5.32 Å². The van der Waals surface area contributed by atoms with Crippen molar-refractivity contribution in [1.82, 2.24) is 10.3 Å². The molecule has 0 atom stereocenters. The molecule has 0 aliphatic heterocycles. The zero-order chi connectivity index (χ0) is 11.5. The topological polar surface area (TPSA) is 62.2 Å². The van der Waals surface area contributed by atoms with Gasteiger partial charge in [-0.2, -0.15) is 13.2 Å². The van der Waals surface area contributed by atoms with Gasteiger partial charge in [0.25, 0.3) is 0 Å². The highest BCUT2D eigenvalue weighted by molar-refractivity contribution is 5.64. The molecule has 0 aliphatic carbocycles. The van der Waals surface area contributed by atoms with Crippen molar-refractivity contribution in [2.45, 2.75) is 12.7 Å². The minimum absolute atomic E-state index is 0.0206. The number of rotatable bonds is 2. The summed E-state index contributed by atoms with van der Waals surface area (Å²) in [6.45, 7) is -0.251. The Labute approximate surface area is 82.7 Å². The molecule has 0 aromatic carbocycles. The van der Waals surface area contributed by atoms with E-state index in [0.29, 0.717) is 0 Å². The molecule has 0 spiro atoms. The highest BCUT2D eigenvalue weighted by atomic mass is 19.4. The molecular formula is C8H7F3N2O2. The largest absolute Gasteiger partial charge is 0.465 e. The summed E-state index contributed by atoms with van der Waals surface area (Å²) in [6.07, 6.45) is -4.77. The first kappa shape index (κ1) is 11.3. The van der Waals surface area contributed by atoms with E-state index in [2.05, 4.69) is 4.98 Å². The molecule has 1 rings (SSSR count). The van der Waals surface area contributed by atoms with Crippen molar-refractivity contribution >= 4 is 6.09 Å². The van der Waals surface area contributed by atoms with E-state index < -0.39 is 17.8 Å². The average Bonchev–Trinajstić information content (AvgIpc) is 2.14. The van der Waals surface area contributed by atoms with Gasteiger partial charge < -0.3 is 10.4 Å². The molecule has 0 aliphatic rings. The van der Waals surface area contributed by atoms with E-state index >= 15 is 0 Å². The predicted octanol–water partition coefficient (Wildman–Crippen LogP) is 1.87. The Hall–Kier alpha value is -1.79. The third kappa shape index (κ3) is 3.45. The van der Waals surface area contributed by atoms with E-state index in [1.165, 1.54) is 0 Å². The first-order valence-electron chi connectivity index (χ1n) is 3.88. The van der Waals surface area contributed by atoms with E-state index in [9.17, 15) is 18.0 Å². The number of hydrogen-bond donors (Lipinski definition) is 2. The second-order valence-corrected chi connectivity index (χ2v) is 2.69. The van der Waals surface area contributed by atoms with Crippen LogP contribution < -0.4 is 5.32 Å². The summed E-state index contributed by atoms with van der Waals surface area (Å²) in [5.74, 6) is 0. The Morgan fingerprint density at radius 2 is 2.20 bits per heavy atom. The Balaban J connectivity index is 2.79. The van der Waals surface area contributed by atoms with Crippen LogP contribution in [-0.2, 0) is 12.7 Å². The monoisotopic (exact) mass is 220 g/mol. The lowest BCUT2D eigenvalue weighted by Gasteiger charge is -2.07. The molecule has 82 valence electrons. The maximum absolute atomic E-state index is 12.2. The third-order valence-corrected chi connectivity index (χ3v) is 1.56. The molecule has 1 aromatic rings. The van der Waals surface area contributed by atoms with Crippen LogP contribution in [0.3, 0.4) is 0 Å². The number of nitrogens with zero attached hydrogens (tertiary/aromatic N) is 1. The van der Waals surface area contributed by atoms with Crippen molar-refractivity contribution in [1.29, 1.82) is 0 Å². The highest BCUT2D eigenvalue weighted by Crippen LogP contribution is 2.28. The van der Waals surface area contributed by atoms with Crippen molar-refractivity contribution < 1.29 is 23.1 Å². The maximum atomic E-state index is 12.2. The number of nitrogens with one attached hydrogen (secondary N) is 1. The van der Waals surface area contributed by atoms with Gasteiger partial charge in [0.1, 0.15) is 0 Å². The van der Waals surface area contributed by atoms with Gasteiger partial charge in [-0.1, -0.05) is 0 Å². The predicted molar refractivity (Wildman–Crippen MR) is 44.1 cm³/mol. The van der Waals surface area contributed by atoms with Crippen molar-refractivity contribution in [3.63, 3.8) is 0 Å². The molecule has 0 unspecified atom stereocenters. The molecule has 7 heteroatoms. The van der Waals surface area contributed by atoms with Crippen molar-refractivity contribution in [2.75, 3.05) is 0 Å². The van der Waals surface area contributed by atoms with Crippen LogP contribution >= 0.6 is 0 Å². The van der Waals surface area contributed by atoms with Crippen LogP contribution in [0.5, 0.6) is 0 Å². The molecular weight excluding hydrogens is 213 g/mol. The van der Waals surface area contributed by atoms with Crippen LogP contribution in [0.1, 0.15) is 11.3 Å². The van der Waals surface area contributed by atoms with E-state index in [-0.39, 0.29) is 12.2 Å². The van der Waals surface area contributed by atoms with Crippen LogP contribution in [0, 0.1) is 0 Å². The molecule has 0 saturated heterocycles. The highest BCUT2D eigenvalue weighted by Gasteiger charge is 2.30. The summed E-state index contributed by atoms with van der Waals surface area (Å²) in [5, 5.41) is 10.2. The standard InChI is InChI=1S/C8H7F3N2O2/c9-8(10,11)5-1-2-12-6(3-5)4-13-7(14)15/h1-3,13H,4H2,(H,14,15). The zero-order valence-electron chi connectivity index (χ0n) is 7.38. The fourth-order valence-corrected chi connectivity index (χ4v) is 0.917. The van der Waals surface area contributed by atoms with Crippen molar-refractivity contribution in [3.05, 3.63) is 29.6 Å². The average molecular weight is 220 g/mol. The number of alkyl halides is 3. The summed E-state index contributed by atoms with van der Waals surface area (Å²) in [5.41, 5.74) is -0.827. The van der Waals surface area contributed by atoms with Gasteiger partial charge in [0.05, 0.1) is 17.8 Å². The van der Waals surface area contributed by atoms with Gasteiger partial charge in [0.15, 0.2) is 0 Å². The number of carbonyl (C=O) groups is 1. The van der Waals surface area contributed by atoms with E-state index in [4.69, 9.17) is 5.11 Å². The summed E-state index contributed by atoms with van der Waals surface area (Å²) < 4.78 is 36.6. The molecule has 0 saturated carbocycles. The van der Waals surface area contributed by atoms with Gasteiger partial charge in [0.2, 0.25) is 0 Å². The van der Waals surface area contributed by atoms with Gasteiger partial charge in [0, 0.05) is 6.20 Å². The van der Waals surface area contributed by atoms with Crippen LogP contribution in [0.4, 0.5) is 18.0 Å². The van der Waals surface area contributed by atoms with Crippen molar-refractivity contribution in [3.8, 4) is 0 Å². The summed E-state index contributed by atoms with van der Waals surface area (Å²) >= 11 is 0. The molecule has 1 aromatic heterocycles. The quantitative estimate of drug-likeness (QED) is 0.799. The maximum Gasteiger partial charge on any atom is 0.416 e. The summed E-state index contributed by atoms with van der Waals surface area (Å²) in [4.78, 5) is 13.7. The van der Waals surface area contributed by atoms with E-state index in [0.717, 1.165) is 18.3 Å². The van der Waals surface area contributed by atoms with Crippen LogP contribution in [0.15, 0.2) is 18.3 Å². The summed E-state index contributed by atoms with van der Waals surface area (Å²) in [7, 11) is 0. The lowest BCUT2D eigenvalue weighted by atomic mass is 10.2. The van der Waals surface area contributed by atoms with Crippen LogP contribution in [0.2, 0.25) is 0 Å². The Morgan fingerprint density at radius 3 is 2.73 bits per heavy atom. The molecule has 4 nitrogen and oxygen atoms in total. The van der Waals surface area contributed by atoms with Gasteiger partial charge in [-0.15, -0.1) is 0 Å². The minimum Gasteiger partial charge on any atom is -0.465 e. The molecule has 15 heavy (non-hydrogen) atoms. The third-order valence-electron chi connectivity index (χ3n) is 1.56. The lowest BCUT2D eigenvalue weighted by Crippen LogP contribution is -2.21. The van der Waals surface area contributed by atoms with Crippen LogP contribution in [-0.4, -0.2) is 16.2 Å². The molecule has 1 amide bonds. The van der Waals surface area contributed by atoms with Gasteiger partial charge in [-0.05, 0) is 12.1 Å². The number of carboxylic acid groups (broad SMARTS) is 1. The normalized spacial score (nSPS) is 11.1. The number of hydrogen-bond acceptors (Lipinski definition) is 2. The van der Waals surface area contributed by atoms with Gasteiger partial charge >= 0.3 is 12.3 Å². The summed E-state index contributed by atoms with van der Waals surface area (Å²) in [6, 6.07) is 1.63. The van der Waals surface area contributed by atoms with Gasteiger partial charge in [-0.25, -0.2) is 4.79 Å². The first-order valence-corrected chi connectivity index (χ1v) is 3.88. The van der Waals surface area contributed by atoms with Crippen LogP contribution in [0.25, 0.3) is 0 Å². The second kappa shape index (κ2) is 4.16. The zero-order valence-corrected chi connectivity index (χ0v) is 7.38. The smallest absolute Gasteiger partial charge is 0.416 e. The number of pyridine rings is 1. The fourth-order valence-electron chi connectivity index (χ4n) is 0.917. The molecule has 0 bridgehead atoms. The van der Waals surface area contributed by atoms with E-state index in [1.54, 1.807) is 0 Å². The molecule has 0 fully saturated rings. The minimum atomic E-state index is -4.44. The molecule has 1 heterocycles. The second-order valence-electron chi connectivity index (χ2n) is 2.69. The Bertz CT molecular complexity index is 365. The number of amides is 1. The van der Waals surface area contributed by atoms with Crippen molar-refractivity contribution in [2.24, 2.45) is 0 Å². The number of aromatic nitrogens is 1. The molecule has 0 radical (unpaired) electrons. The SMILES string of the molecule is O=C(O)NCc1cc(C(F)(F)F)ccn1. The Kier molecular flexibility index (Phi) is 3.13. The Morgan fingerprint density at radius 1 is 1.53 bits per heavy atom. The van der Waals surface area contributed by atoms with Gasteiger partial charge in [-0.3, -0.25) is 4.98 Å². The fraction of sp³-hybridized carbons (Fsp3) is 0.250. The first-order chi connectivity index (χ1) is 6.89.